The largest absolute Gasteiger partial charge is 0.347 e. The van der Waals surface area contributed by atoms with Gasteiger partial charge in [0, 0.05) is 29.2 Å². The van der Waals surface area contributed by atoms with Crippen LogP contribution in [-0.2, 0) is 26.5 Å². The highest BCUT2D eigenvalue weighted by Gasteiger charge is 2.23. The van der Waals surface area contributed by atoms with E-state index in [1.807, 2.05) is 13.8 Å². The van der Waals surface area contributed by atoms with Crippen LogP contribution in [0.15, 0.2) is 24.3 Å². The van der Waals surface area contributed by atoms with E-state index in [1.54, 1.807) is 6.26 Å². The van der Waals surface area contributed by atoms with E-state index in [2.05, 4.69) is 50.4 Å². The van der Waals surface area contributed by atoms with E-state index < -0.39 is 16.3 Å². The fourth-order valence-corrected chi connectivity index (χ4v) is 2.58. The molecule has 0 aliphatic heterocycles. The van der Waals surface area contributed by atoms with Gasteiger partial charge in [0.25, 0.3) is 0 Å². The number of benzene rings is 1. The molecule has 1 atom stereocenters. The van der Waals surface area contributed by atoms with E-state index in [-0.39, 0.29) is 11.3 Å². The van der Waals surface area contributed by atoms with E-state index >= 15 is 0 Å². The number of nitrogens with one attached hydrogen (secondary N) is 1. The molecule has 1 rings (SSSR count). The quantitative estimate of drug-likeness (QED) is 0.908. The molecule has 21 heavy (non-hydrogen) atoms. The Bertz CT molecular complexity index is 513. The van der Waals surface area contributed by atoms with Crippen molar-refractivity contribution in [1.29, 1.82) is 0 Å². The summed E-state index contributed by atoms with van der Waals surface area (Å²) in [5.74, 6) is 0.348. The minimum atomic E-state index is -0.933. The second kappa shape index (κ2) is 6.73. The fraction of sp³-hybridized carbons (Fsp3) is 0.588. The first-order valence-corrected chi connectivity index (χ1v) is 8.97. The molecular weight excluding hydrogens is 282 g/mol. The molecule has 0 bridgehead atoms. The normalized spacial score (nSPS) is 13.8. The van der Waals surface area contributed by atoms with Crippen LogP contribution in [0.1, 0.15) is 52.2 Å². The summed E-state index contributed by atoms with van der Waals surface area (Å²) in [5.41, 5.74) is 2.04. The summed E-state index contributed by atoms with van der Waals surface area (Å²) in [7, 11) is -0.933. The molecule has 0 fully saturated rings. The van der Waals surface area contributed by atoms with Gasteiger partial charge in [0.05, 0.1) is 5.54 Å². The number of hydrogen-bond donors (Lipinski definition) is 1. The Morgan fingerprint density at radius 2 is 1.52 bits per heavy atom. The molecule has 0 aromatic heterocycles. The smallest absolute Gasteiger partial charge is 0.221 e. The maximum absolute atomic E-state index is 11.9. The van der Waals surface area contributed by atoms with Crippen molar-refractivity contribution in [3.8, 4) is 0 Å². The molecule has 0 heterocycles. The number of carbonyl (C=O) groups excluding carboxylic acids is 1. The maximum Gasteiger partial charge on any atom is 0.221 e. The predicted molar refractivity (Wildman–Crippen MR) is 89.9 cm³/mol. The zero-order valence-corrected chi connectivity index (χ0v) is 14.8. The molecule has 1 unspecified atom stereocenters. The fourth-order valence-electron chi connectivity index (χ4n) is 2.11. The van der Waals surface area contributed by atoms with Gasteiger partial charge in [-0.1, -0.05) is 45.0 Å². The lowest BCUT2D eigenvalue weighted by Gasteiger charge is -2.28. The second-order valence-electron chi connectivity index (χ2n) is 7.03. The van der Waals surface area contributed by atoms with E-state index in [1.165, 1.54) is 5.56 Å². The first-order valence-electron chi connectivity index (χ1n) is 7.24. The molecule has 1 N–H and O–H groups in total. The van der Waals surface area contributed by atoms with Crippen molar-refractivity contribution in [3.63, 3.8) is 0 Å². The molecule has 1 amide bonds. The predicted octanol–water partition coefficient (Wildman–Crippen LogP) is 3.10. The maximum atomic E-state index is 11.9. The van der Waals surface area contributed by atoms with Gasteiger partial charge in [0.2, 0.25) is 5.91 Å². The van der Waals surface area contributed by atoms with Crippen molar-refractivity contribution in [2.24, 2.45) is 0 Å². The lowest BCUT2D eigenvalue weighted by molar-refractivity contribution is -0.122. The average molecular weight is 309 g/mol. The van der Waals surface area contributed by atoms with Crippen molar-refractivity contribution in [1.82, 2.24) is 5.32 Å². The average Bonchev–Trinajstić information content (AvgIpc) is 2.35. The third-order valence-corrected chi connectivity index (χ3v) is 4.32. The Hall–Kier alpha value is -1.16. The van der Waals surface area contributed by atoms with Gasteiger partial charge in [0.1, 0.15) is 0 Å². The van der Waals surface area contributed by atoms with Crippen molar-refractivity contribution in [3.05, 3.63) is 35.4 Å². The third kappa shape index (κ3) is 5.62. The summed E-state index contributed by atoms with van der Waals surface area (Å²) in [6.45, 7) is 10.5. The molecule has 0 aliphatic carbocycles. The molecule has 0 saturated heterocycles. The number of amides is 1. The molecule has 0 aliphatic rings. The summed E-state index contributed by atoms with van der Waals surface area (Å²) in [6.07, 6.45) is 1.91. The van der Waals surface area contributed by atoms with Crippen LogP contribution in [0.4, 0.5) is 0 Å². The number of rotatable bonds is 5. The molecule has 118 valence electrons. The van der Waals surface area contributed by atoms with Crippen LogP contribution in [0.25, 0.3) is 0 Å². The minimum absolute atomic E-state index is 0.0601. The molecule has 0 radical (unpaired) electrons. The Labute approximate surface area is 131 Å². The van der Waals surface area contributed by atoms with Crippen LogP contribution < -0.4 is 5.32 Å². The molecule has 3 nitrogen and oxygen atoms in total. The lowest BCUT2D eigenvalue weighted by atomic mass is 9.84. The van der Waals surface area contributed by atoms with Crippen molar-refractivity contribution in [2.45, 2.75) is 52.0 Å². The SMILES string of the molecule is CS(=O)CCC(=O)NC(C)(C)c1ccc(C(C)(C)C)cc1. The molecular formula is C17H27NO2S. The summed E-state index contributed by atoms with van der Waals surface area (Å²) in [4.78, 5) is 11.9. The summed E-state index contributed by atoms with van der Waals surface area (Å²) in [6, 6.07) is 8.37. The molecule has 0 spiro atoms. The second-order valence-corrected chi connectivity index (χ2v) is 8.58. The van der Waals surface area contributed by atoms with Crippen LogP contribution in [0.2, 0.25) is 0 Å². The Morgan fingerprint density at radius 3 is 1.95 bits per heavy atom. The zero-order valence-electron chi connectivity index (χ0n) is 13.9. The first kappa shape index (κ1) is 17.9. The van der Waals surface area contributed by atoms with Gasteiger partial charge < -0.3 is 5.32 Å². The minimum Gasteiger partial charge on any atom is -0.347 e. The monoisotopic (exact) mass is 309 g/mol. The highest BCUT2D eigenvalue weighted by atomic mass is 32.2. The van der Waals surface area contributed by atoms with Gasteiger partial charge in [-0.05, 0) is 30.4 Å². The van der Waals surface area contributed by atoms with E-state index in [0.717, 1.165) is 5.56 Å². The number of hydrogen-bond acceptors (Lipinski definition) is 2. The van der Waals surface area contributed by atoms with E-state index in [9.17, 15) is 9.00 Å². The highest BCUT2D eigenvalue weighted by molar-refractivity contribution is 7.84. The lowest BCUT2D eigenvalue weighted by Crippen LogP contribution is -2.41. The van der Waals surface area contributed by atoms with Gasteiger partial charge in [-0.2, -0.15) is 0 Å². The van der Waals surface area contributed by atoms with Crippen molar-refractivity contribution < 1.29 is 9.00 Å². The molecule has 4 heteroatoms. The van der Waals surface area contributed by atoms with E-state index in [0.29, 0.717) is 12.2 Å². The van der Waals surface area contributed by atoms with E-state index in [4.69, 9.17) is 0 Å². The summed E-state index contributed by atoms with van der Waals surface area (Å²) in [5, 5.41) is 3.01. The Kier molecular flexibility index (Phi) is 5.74. The van der Waals surface area contributed by atoms with Crippen molar-refractivity contribution >= 4 is 16.7 Å². The Balaban J connectivity index is 2.78. The van der Waals surface area contributed by atoms with Gasteiger partial charge in [-0.25, -0.2) is 0 Å². The third-order valence-electron chi connectivity index (χ3n) is 3.54. The first-order chi connectivity index (χ1) is 9.52. The van der Waals surface area contributed by atoms with Gasteiger partial charge in [-0.3, -0.25) is 9.00 Å². The molecule has 0 saturated carbocycles. The van der Waals surface area contributed by atoms with Gasteiger partial charge >= 0.3 is 0 Å². The summed E-state index contributed by atoms with van der Waals surface area (Å²) < 4.78 is 11.0. The van der Waals surface area contributed by atoms with Gasteiger partial charge in [0.15, 0.2) is 0 Å². The van der Waals surface area contributed by atoms with Crippen LogP contribution in [-0.4, -0.2) is 22.1 Å². The van der Waals surface area contributed by atoms with Crippen molar-refractivity contribution in [2.75, 3.05) is 12.0 Å². The Morgan fingerprint density at radius 1 is 1.05 bits per heavy atom. The zero-order chi connectivity index (χ0) is 16.3. The molecule has 1 aromatic carbocycles. The number of carbonyl (C=O) groups is 1. The van der Waals surface area contributed by atoms with Crippen LogP contribution in [0.3, 0.4) is 0 Å². The topological polar surface area (TPSA) is 46.2 Å². The standard InChI is InChI=1S/C17H27NO2S/c1-16(2,3)13-7-9-14(10-8-13)17(4,5)18-15(19)11-12-21(6)20/h7-10H,11-12H2,1-6H3,(H,18,19). The molecule has 1 aromatic rings. The highest BCUT2D eigenvalue weighted by Crippen LogP contribution is 2.26. The van der Waals surface area contributed by atoms with Crippen LogP contribution >= 0.6 is 0 Å². The van der Waals surface area contributed by atoms with Crippen LogP contribution in [0, 0.1) is 0 Å². The summed E-state index contributed by atoms with van der Waals surface area (Å²) >= 11 is 0. The van der Waals surface area contributed by atoms with Crippen LogP contribution in [0.5, 0.6) is 0 Å². The van der Waals surface area contributed by atoms with Gasteiger partial charge in [-0.15, -0.1) is 0 Å².